The molecule has 2 aromatic carbocycles. The van der Waals surface area contributed by atoms with E-state index in [0.717, 1.165) is 23.3 Å². The van der Waals surface area contributed by atoms with Crippen molar-refractivity contribution in [2.24, 2.45) is 5.92 Å². The smallest absolute Gasteiger partial charge is 0.223 e. The first-order valence-corrected chi connectivity index (χ1v) is 8.31. The van der Waals surface area contributed by atoms with E-state index in [2.05, 4.69) is 5.32 Å². The Bertz CT molecular complexity index is 700. The number of amides is 1. The van der Waals surface area contributed by atoms with E-state index in [1.54, 1.807) is 31.4 Å². The highest BCUT2D eigenvalue weighted by Gasteiger charge is 2.43. The zero-order chi connectivity index (χ0) is 17.1. The Morgan fingerprint density at radius 2 is 1.92 bits per heavy atom. The van der Waals surface area contributed by atoms with Gasteiger partial charge in [0.25, 0.3) is 0 Å². The lowest BCUT2D eigenvalue weighted by Crippen LogP contribution is -2.30. The van der Waals surface area contributed by atoms with Crippen LogP contribution in [0.1, 0.15) is 29.6 Å². The molecule has 0 aliphatic heterocycles. The first-order chi connectivity index (χ1) is 11.6. The van der Waals surface area contributed by atoms with Crippen LogP contribution >= 0.6 is 11.6 Å². The lowest BCUT2D eigenvalue weighted by molar-refractivity contribution is -0.122. The third-order valence-corrected chi connectivity index (χ3v) is 4.65. The second-order valence-electron chi connectivity index (χ2n) is 6.03. The second kappa shape index (κ2) is 7.24. The van der Waals surface area contributed by atoms with Crippen LogP contribution in [0.3, 0.4) is 0 Å². The molecule has 1 aliphatic carbocycles. The summed E-state index contributed by atoms with van der Waals surface area (Å²) >= 11 is 5.88. The summed E-state index contributed by atoms with van der Waals surface area (Å²) in [5.41, 5.74) is 1.89. The molecule has 2 aromatic rings. The average molecular weight is 346 g/mol. The molecule has 0 saturated heterocycles. The molecule has 1 amide bonds. The molecule has 1 fully saturated rings. The second-order valence-corrected chi connectivity index (χ2v) is 6.47. The first-order valence-electron chi connectivity index (χ1n) is 7.93. The molecular formula is C19H20ClNO3. The number of benzene rings is 2. The van der Waals surface area contributed by atoms with Crippen LogP contribution in [0.5, 0.6) is 5.75 Å². The zero-order valence-electron chi connectivity index (χ0n) is 13.4. The molecule has 126 valence electrons. The Morgan fingerprint density at radius 3 is 2.54 bits per heavy atom. The minimum Gasteiger partial charge on any atom is -0.497 e. The molecule has 0 spiro atoms. The van der Waals surface area contributed by atoms with E-state index in [1.807, 2.05) is 24.3 Å². The van der Waals surface area contributed by atoms with E-state index in [9.17, 15) is 9.90 Å². The van der Waals surface area contributed by atoms with Gasteiger partial charge < -0.3 is 15.2 Å². The molecule has 0 heterocycles. The molecule has 1 saturated carbocycles. The standard InChI is InChI=1S/C19H20ClNO3/c1-24-15-8-4-13(5-9-15)18(22)11-21-19(23)17-10-16(17)12-2-6-14(20)7-3-12/h2-9,16-18,22H,10-11H2,1H3,(H,21,23). The van der Waals surface area contributed by atoms with Crippen LogP contribution in [-0.2, 0) is 4.79 Å². The number of hydrogen-bond donors (Lipinski definition) is 2. The molecule has 3 rings (SSSR count). The SMILES string of the molecule is COc1ccc(C(O)CNC(=O)C2CC2c2ccc(Cl)cc2)cc1. The topological polar surface area (TPSA) is 58.6 Å². The number of methoxy groups -OCH3 is 1. The fraction of sp³-hybridized carbons (Fsp3) is 0.316. The van der Waals surface area contributed by atoms with Crippen molar-refractivity contribution < 1.29 is 14.6 Å². The molecule has 1 aliphatic rings. The van der Waals surface area contributed by atoms with E-state index in [-0.39, 0.29) is 24.3 Å². The van der Waals surface area contributed by atoms with Crippen molar-refractivity contribution in [2.75, 3.05) is 13.7 Å². The van der Waals surface area contributed by atoms with E-state index >= 15 is 0 Å². The largest absolute Gasteiger partial charge is 0.497 e. The van der Waals surface area contributed by atoms with Gasteiger partial charge in [0.05, 0.1) is 13.2 Å². The number of nitrogens with one attached hydrogen (secondary N) is 1. The summed E-state index contributed by atoms with van der Waals surface area (Å²) < 4.78 is 5.09. The van der Waals surface area contributed by atoms with E-state index in [0.29, 0.717) is 5.02 Å². The van der Waals surface area contributed by atoms with Gasteiger partial charge in [0.1, 0.15) is 5.75 Å². The summed E-state index contributed by atoms with van der Waals surface area (Å²) in [5, 5.41) is 13.7. The molecule has 4 nitrogen and oxygen atoms in total. The Kier molecular flexibility index (Phi) is 5.07. The van der Waals surface area contributed by atoms with E-state index < -0.39 is 6.10 Å². The number of carbonyl (C=O) groups is 1. The van der Waals surface area contributed by atoms with E-state index in [1.165, 1.54) is 0 Å². The molecule has 3 atom stereocenters. The van der Waals surface area contributed by atoms with Crippen LogP contribution in [0, 0.1) is 5.92 Å². The monoisotopic (exact) mass is 345 g/mol. The fourth-order valence-corrected chi connectivity index (χ4v) is 2.96. The molecule has 24 heavy (non-hydrogen) atoms. The normalized spacial score (nSPS) is 20.3. The number of aliphatic hydroxyl groups is 1. The van der Waals surface area contributed by atoms with Crippen molar-refractivity contribution in [3.63, 3.8) is 0 Å². The van der Waals surface area contributed by atoms with E-state index in [4.69, 9.17) is 16.3 Å². The van der Waals surface area contributed by atoms with Gasteiger partial charge in [-0.25, -0.2) is 0 Å². The summed E-state index contributed by atoms with van der Waals surface area (Å²) in [5.74, 6) is 0.955. The maximum atomic E-state index is 12.2. The molecular weight excluding hydrogens is 326 g/mol. The number of carbonyl (C=O) groups excluding carboxylic acids is 1. The van der Waals surface area contributed by atoms with Gasteiger partial charge in [0, 0.05) is 17.5 Å². The highest BCUT2D eigenvalue weighted by molar-refractivity contribution is 6.30. The number of halogens is 1. The third-order valence-electron chi connectivity index (χ3n) is 4.40. The number of hydrogen-bond acceptors (Lipinski definition) is 3. The summed E-state index contributed by atoms with van der Waals surface area (Å²) in [7, 11) is 1.60. The highest BCUT2D eigenvalue weighted by Crippen LogP contribution is 2.47. The van der Waals surface area contributed by atoms with Crippen molar-refractivity contribution in [2.45, 2.75) is 18.4 Å². The van der Waals surface area contributed by atoms with Crippen molar-refractivity contribution >= 4 is 17.5 Å². The van der Waals surface area contributed by atoms with Crippen LogP contribution < -0.4 is 10.1 Å². The molecule has 5 heteroatoms. The van der Waals surface area contributed by atoms with Gasteiger partial charge >= 0.3 is 0 Å². The van der Waals surface area contributed by atoms with Gasteiger partial charge in [0.2, 0.25) is 5.91 Å². The summed E-state index contributed by atoms with van der Waals surface area (Å²) in [4.78, 5) is 12.2. The predicted octanol–water partition coefficient (Wildman–Crippen LogP) is 3.30. The summed E-state index contributed by atoms with van der Waals surface area (Å²) in [6.07, 6.45) is 0.110. The summed E-state index contributed by atoms with van der Waals surface area (Å²) in [6, 6.07) is 14.8. The van der Waals surface area contributed by atoms with Gasteiger partial charge in [-0.1, -0.05) is 35.9 Å². The van der Waals surface area contributed by atoms with Crippen molar-refractivity contribution in [1.82, 2.24) is 5.32 Å². The first kappa shape index (κ1) is 16.8. The van der Waals surface area contributed by atoms with Gasteiger partial charge in [-0.3, -0.25) is 4.79 Å². The number of ether oxygens (including phenoxy) is 1. The lowest BCUT2D eigenvalue weighted by atomic mass is 10.1. The maximum Gasteiger partial charge on any atom is 0.223 e. The quantitative estimate of drug-likeness (QED) is 0.844. The molecule has 0 bridgehead atoms. The van der Waals surface area contributed by atoms with Gasteiger partial charge in [0.15, 0.2) is 0 Å². The Hall–Kier alpha value is -2.04. The van der Waals surface area contributed by atoms with Gasteiger partial charge in [-0.15, -0.1) is 0 Å². The van der Waals surface area contributed by atoms with Gasteiger partial charge in [-0.05, 0) is 47.7 Å². The Balaban J connectivity index is 1.49. The molecule has 3 unspecified atom stereocenters. The van der Waals surface area contributed by atoms with Crippen LogP contribution in [0.15, 0.2) is 48.5 Å². The zero-order valence-corrected chi connectivity index (χ0v) is 14.2. The van der Waals surface area contributed by atoms with Crippen molar-refractivity contribution in [3.8, 4) is 5.75 Å². The fourth-order valence-electron chi connectivity index (χ4n) is 2.84. The van der Waals surface area contributed by atoms with Crippen LogP contribution in [-0.4, -0.2) is 24.7 Å². The third kappa shape index (κ3) is 3.89. The van der Waals surface area contributed by atoms with Crippen molar-refractivity contribution in [1.29, 1.82) is 0 Å². The Morgan fingerprint density at radius 1 is 1.25 bits per heavy atom. The molecule has 0 radical (unpaired) electrons. The average Bonchev–Trinajstić information content (AvgIpc) is 3.41. The predicted molar refractivity (Wildman–Crippen MR) is 93.3 cm³/mol. The molecule has 2 N–H and O–H groups in total. The summed E-state index contributed by atoms with van der Waals surface area (Å²) in [6.45, 7) is 0.203. The number of rotatable bonds is 6. The minimum absolute atomic E-state index is 0.0116. The lowest BCUT2D eigenvalue weighted by Gasteiger charge is -2.13. The number of aliphatic hydroxyl groups excluding tert-OH is 1. The highest BCUT2D eigenvalue weighted by atomic mass is 35.5. The Labute approximate surface area is 146 Å². The van der Waals surface area contributed by atoms with Crippen molar-refractivity contribution in [3.05, 3.63) is 64.7 Å². The maximum absolute atomic E-state index is 12.2. The van der Waals surface area contributed by atoms with Crippen LogP contribution in [0.25, 0.3) is 0 Å². The molecule has 0 aromatic heterocycles. The van der Waals surface area contributed by atoms with Gasteiger partial charge in [-0.2, -0.15) is 0 Å². The minimum atomic E-state index is -0.729. The van der Waals surface area contributed by atoms with Crippen LogP contribution in [0.2, 0.25) is 5.02 Å². The van der Waals surface area contributed by atoms with Crippen LogP contribution in [0.4, 0.5) is 0 Å².